The van der Waals surface area contributed by atoms with Crippen LogP contribution < -0.4 is 10.5 Å². The number of nitrogens with zero attached hydrogens (tertiary/aromatic N) is 3. The highest BCUT2D eigenvalue weighted by atomic mass is 19.1. The van der Waals surface area contributed by atoms with Crippen molar-refractivity contribution in [3.8, 4) is 28.5 Å². The Balaban J connectivity index is 2.17. The van der Waals surface area contributed by atoms with Crippen LogP contribution in [0.25, 0.3) is 22.6 Å². The first-order valence-electron chi connectivity index (χ1n) is 8.25. The average Bonchev–Trinajstić information content (AvgIpc) is 2.70. The Hall–Kier alpha value is -3.62. The van der Waals surface area contributed by atoms with Crippen molar-refractivity contribution in [1.29, 1.82) is 0 Å². The molecule has 0 radical (unpaired) electrons. The van der Waals surface area contributed by atoms with Gasteiger partial charge in [-0.25, -0.2) is 24.1 Å². The van der Waals surface area contributed by atoms with Crippen molar-refractivity contribution in [2.75, 3.05) is 19.5 Å². The molecule has 7 nitrogen and oxygen atoms in total. The first kappa shape index (κ1) is 19.2. The van der Waals surface area contributed by atoms with Gasteiger partial charge in [-0.3, -0.25) is 0 Å². The molecule has 3 aromatic heterocycles. The summed E-state index contributed by atoms with van der Waals surface area (Å²) < 4.78 is 38.6. The van der Waals surface area contributed by atoms with Crippen molar-refractivity contribution >= 4 is 11.7 Å². The number of carbonyl (C=O) groups excluding carboxylic acids is 1. The standard InChI is InChI=1S/C19H16F2N4O3/c1-3-28-15-7-4-10(9-23-15)14-8-11(19(26)27-2)16(20)17(24-14)13-6-5-12(22)18(21)25-13/h4-9H,3,22H2,1-2H3. The van der Waals surface area contributed by atoms with Crippen LogP contribution in [-0.4, -0.2) is 34.6 Å². The second-order valence-corrected chi connectivity index (χ2v) is 5.60. The molecule has 9 heteroatoms. The number of hydrogen-bond acceptors (Lipinski definition) is 7. The lowest BCUT2D eigenvalue weighted by atomic mass is 10.1. The molecule has 0 aliphatic rings. The van der Waals surface area contributed by atoms with Crippen molar-refractivity contribution in [1.82, 2.24) is 15.0 Å². The molecule has 3 aromatic rings. The fourth-order valence-corrected chi connectivity index (χ4v) is 2.45. The average molecular weight is 386 g/mol. The summed E-state index contributed by atoms with van der Waals surface area (Å²) in [7, 11) is 1.13. The summed E-state index contributed by atoms with van der Waals surface area (Å²) >= 11 is 0. The van der Waals surface area contributed by atoms with Gasteiger partial charge in [-0.05, 0) is 31.2 Å². The van der Waals surface area contributed by atoms with E-state index >= 15 is 0 Å². The number of methoxy groups -OCH3 is 1. The molecule has 0 bridgehead atoms. The number of ether oxygens (including phenoxy) is 2. The van der Waals surface area contributed by atoms with Crippen LogP contribution in [0.15, 0.2) is 36.5 Å². The van der Waals surface area contributed by atoms with Gasteiger partial charge in [0.05, 0.1) is 36.4 Å². The monoisotopic (exact) mass is 386 g/mol. The zero-order valence-electron chi connectivity index (χ0n) is 15.1. The molecule has 3 rings (SSSR count). The van der Waals surface area contributed by atoms with Gasteiger partial charge in [0, 0.05) is 17.8 Å². The van der Waals surface area contributed by atoms with Crippen molar-refractivity contribution < 1.29 is 23.0 Å². The van der Waals surface area contributed by atoms with E-state index in [9.17, 15) is 13.6 Å². The predicted octanol–water partition coefficient (Wildman–Crippen LogP) is 3.25. The van der Waals surface area contributed by atoms with Gasteiger partial charge >= 0.3 is 5.97 Å². The molecule has 2 N–H and O–H groups in total. The largest absolute Gasteiger partial charge is 0.478 e. The van der Waals surface area contributed by atoms with E-state index in [1.54, 1.807) is 12.1 Å². The van der Waals surface area contributed by atoms with Crippen LogP contribution in [0, 0.1) is 11.8 Å². The summed E-state index contributed by atoms with van der Waals surface area (Å²) in [6.45, 7) is 2.27. The molecule has 0 saturated heterocycles. The number of carbonyl (C=O) groups is 1. The number of aromatic nitrogens is 3. The van der Waals surface area contributed by atoms with Gasteiger partial charge in [-0.15, -0.1) is 0 Å². The van der Waals surface area contributed by atoms with Gasteiger partial charge in [0.25, 0.3) is 0 Å². The summed E-state index contributed by atoms with van der Waals surface area (Å²) in [5.41, 5.74) is 5.15. The maximum absolute atomic E-state index is 14.9. The lowest BCUT2D eigenvalue weighted by molar-refractivity contribution is 0.0595. The summed E-state index contributed by atoms with van der Waals surface area (Å²) in [5.74, 6) is -2.45. The van der Waals surface area contributed by atoms with E-state index in [0.29, 0.717) is 18.1 Å². The van der Waals surface area contributed by atoms with Crippen molar-refractivity contribution in [3.63, 3.8) is 0 Å². The Morgan fingerprint density at radius 2 is 1.93 bits per heavy atom. The normalized spacial score (nSPS) is 10.6. The molecule has 0 aliphatic carbocycles. The number of anilines is 1. The van der Waals surface area contributed by atoms with Crippen LogP contribution in [0.1, 0.15) is 17.3 Å². The SMILES string of the molecule is CCOc1ccc(-c2cc(C(=O)OC)c(F)c(-c3ccc(N)c(F)n3)n2)cn1. The predicted molar refractivity (Wildman–Crippen MR) is 97.5 cm³/mol. The minimum absolute atomic E-state index is 0.116. The van der Waals surface area contributed by atoms with Crippen LogP contribution in [0.3, 0.4) is 0 Å². The number of rotatable bonds is 5. The summed E-state index contributed by atoms with van der Waals surface area (Å²) in [4.78, 5) is 24.0. The van der Waals surface area contributed by atoms with Crippen LogP contribution in [-0.2, 0) is 4.74 Å². The highest BCUT2D eigenvalue weighted by molar-refractivity contribution is 5.92. The van der Waals surface area contributed by atoms with E-state index in [-0.39, 0.29) is 28.3 Å². The molecule has 0 atom stereocenters. The second-order valence-electron chi connectivity index (χ2n) is 5.60. The Bertz CT molecular complexity index is 1030. The fraction of sp³-hybridized carbons (Fsp3) is 0.158. The van der Waals surface area contributed by atoms with Crippen molar-refractivity contribution in [2.45, 2.75) is 6.92 Å². The van der Waals surface area contributed by atoms with Gasteiger partial charge in [-0.2, -0.15) is 4.39 Å². The highest BCUT2D eigenvalue weighted by Crippen LogP contribution is 2.29. The van der Waals surface area contributed by atoms with Crippen LogP contribution in [0.5, 0.6) is 5.88 Å². The molecular formula is C19H16F2N4O3. The van der Waals surface area contributed by atoms with E-state index < -0.39 is 17.7 Å². The number of nitrogens with two attached hydrogens (primary N) is 1. The van der Waals surface area contributed by atoms with E-state index in [2.05, 4.69) is 19.7 Å². The Labute approximate surface area is 159 Å². The Kier molecular flexibility index (Phi) is 5.44. The van der Waals surface area contributed by atoms with Gasteiger partial charge in [0.15, 0.2) is 5.82 Å². The minimum Gasteiger partial charge on any atom is -0.478 e. The number of halogens is 2. The van der Waals surface area contributed by atoms with E-state index in [4.69, 9.17) is 10.5 Å². The minimum atomic E-state index is -0.980. The first-order chi connectivity index (χ1) is 13.4. The zero-order chi connectivity index (χ0) is 20.3. The molecule has 0 fully saturated rings. The molecule has 0 amide bonds. The smallest absolute Gasteiger partial charge is 0.341 e. The summed E-state index contributed by atoms with van der Waals surface area (Å²) in [6, 6.07) is 7.05. The third-order valence-electron chi connectivity index (χ3n) is 3.81. The van der Waals surface area contributed by atoms with Crippen LogP contribution in [0.2, 0.25) is 0 Å². The third kappa shape index (κ3) is 3.73. The van der Waals surface area contributed by atoms with E-state index in [1.807, 2.05) is 6.92 Å². The van der Waals surface area contributed by atoms with Gasteiger partial charge in [-0.1, -0.05) is 0 Å². The maximum Gasteiger partial charge on any atom is 0.341 e. The molecule has 0 saturated carbocycles. The lowest BCUT2D eigenvalue weighted by Gasteiger charge is -2.11. The molecule has 28 heavy (non-hydrogen) atoms. The maximum atomic E-state index is 14.9. The number of nitrogen functional groups attached to an aromatic ring is 1. The van der Waals surface area contributed by atoms with E-state index in [0.717, 1.165) is 7.11 Å². The molecule has 144 valence electrons. The van der Waals surface area contributed by atoms with E-state index in [1.165, 1.54) is 24.4 Å². The van der Waals surface area contributed by atoms with Gasteiger partial charge in [0.2, 0.25) is 11.8 Å². The van der Waals surface area contributed by atoms with Crippen LogP contribution in [0.4, 0.5) is 14.5 Å². The second kappa shape index (κ2) is 7.95. The molecule has 0 spiro atoms. The topological polar surface area (TPSA) is 100 Å². The lowest BCUT2D eigenvalue weighted by Crippen LogP contribution is -2.09. The van der Waals surface area contributed by atoms with Crippen LogP contribution >= 0.6 is 0 Å². The Morgan fingerprint density at radius 1 is 1.14 bits per heavy atom. The molecule has 3 heterocycles. The molecule has 0 unspecified atom stereocenters. The fourth-order valence-electron chi connectivity index (χ4n) is 2.45. The summed E-state index contributed by atoms with van der Waals surface area (Å²) in [6.07, 6.45) is 1.47. The first-order valence-corrected chi connectivity index (χ1v) is 8.25. The highest BCUT2D eigenvalue weighted by Gasteiger charge is 2.22. The zero-order valence-corrected chi connectivity index (χ0v) is 15.1. The summed E-state index contributed by atoms with van der Waals surface area (Å²) in [5, 5.41) is 0. The number of hydrogen-bond donors (Lipinski definition) is 1. The molecule has 0 aromatic carbocycles. The number of pyridine rings is 3. The van der Waals surface area contributed by atoms with Gasteiger partial charge < -0.3 is 15.2 Å². The number of esters is 1. The quantitative estimate of drug-likeness (QED) is 0.531. The van der Waals surface area contributed by atoms with Crippen molar-refractivity contribution in [2.24, 2.45) is 0 Å². The molecular weight excluding hydrogens is 370 g/mol. The third-order valence-corrected chi connectivity index (χ3v) is 3.81. The van der Waals surface area contributed by atoms with Crippen molar-refractivity contribution in [3.05, 3.63) is 53.9 Å². The molecule has 0 aliphatic heterocycles. The van der Waals surface area contributed by atoms with Gasteiger partial charge in [0.1, 0.15) is 5.69 Å². The Morgan fingerprint density at radius 3 is 2.54 bits per heavy atom.